The molecule has 0 aromatic rings. The van der Waals surface area contributed by atoms with Gasteiger partial charge < -0.3 is 18.9 Å². The molecule has 2 fully saturated rings. The van der Waals surface area contributed by atoms with E-state index in [2.05, 4.69) is 0 Å². The van der Waals surface area contributed by atoms with Gasteiger partial charge in [-0.25, -0.2) is 9.59 Å². The molecule has 4 unspecified atom stereocenters. The summed E-state index contributed by atoms with van der Waals surface area (Å²) in [6.07, 6.45) is -3.27. The first kappa shape index (κ1) is 9.42. The molecule has 0 saturated carbocycles. The summed E-state index contributed by atoms with van der Waals surface area (Å²) in [5.41, 5.74) is 0. The summed E-state index contributed by atoms with van der Waals surface area (Å²) in [6.45, 7) is 3.14. The van der Waals surface area contributed by atoms with Crippen LogP contribution in [0.15, 0.2) is 0 Å². The van der Waals surface area contributed by atoms with Gasteiger partial charge in [-0.1, -0.05) is 0 Å². The van der Waals surface area contributed by atoms with Crippen molar-refractivity contribution in [2.45, 2.75) is 38.6 Å². The number of hydrogen-bond donors (Lipinski definition) is 0. The lowest BCUT2D eigenvalue weighted by atomic mass is 10.2. The molecule has 6 heteroatoms. The molecule has 2 aliphatic heterocycles. The average Bonchev–Trinajstić information content (AvgIpc) is 2.55. The van der Waals surface area contributed by atoms with Gasteiger partial charge in [0.05, 0.1) is 0 Å². The van der Waals surface area contributed by atoms with E-state index >= 15 is 0 Å². The molecule has 0 aromatic carbocycles. The smallest absolute Gasteiger partial charge is 0.341 e. The van der Waals surface area contributed by atoms with Crippen LogP contribution >= 0.6 is 0 Å². The fourth-order valence-electron chi connectivity index (χ4n) is 1.43. The Balaban J connectivity index is 2.08. The minimum atomic E-state index is -0.998. The monoisotopic (exact) mass is 202 g/mol. The Kier molecular flexibility index (Phi) is 2.16. The van der Waals surface area contributed by atoms with Gasteiger partial charge in [-0.15, -0.1) is 0 Å². The molecule has 0 N–H and O–H groups in total. The maximum atomic E-state index is 11.2. The number of ether oxygens (including phenoxy) is 4. The Hall–Kier alpha value is -1.14. The molecule has 2 saturated heterocycles. The van der Waals surface area contributed by atoms with E-state index in [0.717, 1.165) is 0 Å². The van der Waals surface area contributed by atoms with Crippen molar-refractivity contribution in [3.05, 3.63) is 0 Å². The van der Waals surface area contributed by atoms with Crippen molar-refractivity contribution in [1.82, 2.24) is 0 Å². The Bertz CT molecular complexity index is 247. The summed E-state index contributed by atoms with van der Waals surface area (Å²) in [5.74, 6) is -1.18. The lowest BCUT2D eigenvalue weighted by Gasteiger charge is -2.09. The summed E-state index contributed by atoms with van der Waals surface area (Å²) in [6, 6.07) is 0. The predicted octanol–water partition coefficient (Wildman–Crippen LogP) is -0.438. The highest BCUT2D eigenvalue weighted by atomic mass is 16.8. The van der Waals surface area contributed by atoms with Crippen molar-refractivity contribution in [2.75, 3.05) is 0 Å². The minimum Gasteiger partial charge on any atom is -0.434 e. The summed E-state index contributed by atoms with van der Waals surface area (Å²) < 4.78 is 19.6. The third-order valence-corrected chi connectivity index (χ3v) is 1.98. The van der Waals surface area contributed by atoms with Gasteiger partial charge in [-0.3, -0.25) is 0 Å². The van der Waals surface area contributed by atoms with E-state index in [9.17, 15) is 9.59 Å². The normalized spacial score (nSPS) is 42.4. The highest BCUT2D eigenvalue weighted by Gasteiger charge is 2.48. The molecule has 4 atom stereocenters. The van der Waals surface area contributed by atoms with Crippen LogP contribution in [0.4, 0.5) is 0 Å². The molecule has 78 valence electrons. The zero-order valence-electron chi connectivity index (χ0n) is 7.76. The van der Waals surface area contributed by atoms with Gasteiger partial charge in [0.2, 0.25) is 12.6 Å². The van der Waals surface area contributed by atoms with Crippen molar-refractivity contribution in [1.29, 1.82) is 0 Å². The number of carbonyl (C=O) groups excluding carboxylic acids is 2. The van der Waals surface area contributed by atoms with Crippen LogP contribution in [0.3, 0.4) is 0 Å². The molecule has 2 heterocycles. The second-order valence-electron chi connectivity index (χ2n) is 3.12. The maximum Gasteiger partial charge on any atom is 0.341 e. The van der Waals surface area contributed by atoms with Crippen LogP contribution in [0.25, 0.3) is 0 Å². The summed E-state index contributed by atoms with van der Waals surface area (Å²) >= 11 is 0. The van der Waals surface area contributed by atoms with Crippen LogP contribution in [0.2, 0.25) is 0 Å². The molecule has 0 spiro atoms. The van der Waals surface area contributed by atoms with Gasteiger partial charge in [-0.05, 0) is 13.8 Å². The highest BCUT2D eigenvalue weighted by Crippen LogP contribution is 2.24. The molecule has 2 rings (SSSR count). The second-order valence-corrected chi connectivity index (χ2v) is 3.12. The lowest BCUT2D eigenvalue weighted by molar-refractivity contribution is -0.148. The van der Waals surface area contributed by atoms with Crippen LogP contribution in [-0.2, 0) is 28.5 Å². The van der Waals surface area contributed by atoms with Gasteiger partial charge in [0.25, 0.3) is 0 Å². The molecule has 0 bridgehead atoms. The zero-order valence-corrected chi connectivity index (χ0v) is 7.76. The topological polar surface area (TPSA) is 71.1 Å². The average molecular weight is 202 g/mol. The molecule has 0 aliphatic carbocycles. The summed E-state index contributed by atoms with van der Waals surface area (Å²) in [5, 5.41) is 0. The lowest BCUT2D eigenvalue weighted by Crippen LogP contribution is -2.36. The number of rotatable bonds is 1. The molecule has 6 nitrogen and oxygen atoms in total. The first-order valence-electron chi connectivity index (χ1n) is 4.30. The van der Waals surface area contributed by atoms with Crippen molar-refractivity contribution in [3.63, 3.8) is 0 Å². The van der Waals surface area contributed by atoms with E-state index in [4.69, 9.17) is 18.9 Å². The van der Waals surface area contributed by atoms with E-state index in [0.29, 0.717) is 0 Å². The number of carbonyl (C=O) groups is 2. The van der Waals surface area contributed by atoms with Crippen molar-refractivity contribution >= 4 is 11.9 Å². The van der Waals surface area contributed by atoms with Gasteiger partial charge >= 0.3 is 11.9 Å². The predicted molar refractivity (Wildman–Crippen MR) is 40.9 cm³/mol. The van der Waals surface area contributed by atoms with Crippen LogP contribution in [0.5, 0.6) is 0 Å². The largest absolute Gasteiger partial charge is 0.434 e. The fraction of sp³-hybridized carbons (Fsp3) is 0.750. The zero-order chi connectivity index (χ0) is 10.3. The van der Waals surface area contributed by atoms with E-state index < -0.39 is 36.7 Å². The Morgan fingerprint density at radius 2 is 1.21 bits per heavy atom. The molecule has 0 amide bonds. The SMILES string of the molecule is CC1OC(=O)C(C2OC(C)OC2=O)O1. The number of hydrogen-bond acceptors (Lipinski definition) is 6. The summed E-state index contributed by atoms with van der Waals surface area (Å²) in [4.78, 5) is 22.4. The van der Waals surface area contributed by atoms with E-state index in [1.807, 2.05) is 0 Å². The second kappa shape index (κ2) is 3.21. The first-order chi connectivity index (χ1) is 6.58. The highest BCUT2D eigenvalue weighted by molar-refractivity contribution is 5.87. The number of esters is 2. The fourth-order valence-corrected chi connectivity index (χ4v) is 1.43. The van der Waals surface area contributed by atoms with Crippen LogP contribution in [0.1, 0.15) is 13.8 Å². The van der Waals surface area contributed by atoms with Gasteiger partial charge in [0.1, 0.15) is 0 Å². The number of cyclic esters (lactones) is 2. The third-order valence-electron chi connectivity index (χ3n) is 1.98. The van der Waals surface area contributed by atoms with Gasteiger partial charge in [0.15, 0.2) is 12.2 Å². The molecule has 2 aliphatic rings. The quantitative estimate of drug-likeness (QED) is 0.537. The van der Waals surface area contributed by atoms with E-state index in [1.165, 1.54) is 0 Å². The molecular weight excluding hydrogens is 192 g/mol. The van der Waals surface area contributed by atoms with Crippen LogP contribution in [0, 0.1) is 0 Å². The summed E-state index contributed by atoms with van der Waals surface area (Å²) in [7, 11) is 0. The molecule has 14 heavy (non-hydrogen) atoms. The standard InChI is InChI=1S/C8H10O6/c1-3-11-5(7(9)13-3)6-8(10)14-4(2)12-6/h3-6H,1-2H3. The van der Waals surface area contributed by atoms with Crippen LogP contribution in [-0.4, -0.2) is 36.7 Å². The molecular formula is C8H10O6. The molecule has 0 aromatic heterocycles. The Morgan fingerprint density at radius 1 is 0.857 bits per heavy atom. The van der Waals surface area contributed by atoms with Crippen molar-refractivity contribution in [2.24, 2.45) is 0 Å². The minimum absolute atomic E-state index is 0.589. The van der Waals surface area contributed by atoms with E-state index in [1.54, 1.807) is 13.8 Å². The Labute approximate surface area is 80.1 Å². The van der Waals surface area contributed by atoms with Crippen molar-refractivity contribution in [3.8, 4) is 0 Å². The molecule has 0 radical (unpaired) electrons. The van der Waals surface area contributed by atoms with Crippen molar-refractivity contribution < 1.29 is 28.5 Å². The van der Waals surface area contributed by atoms with Gasteiger partial charge in [0, 0.05) is 0 Å². The van der Waals surface area contributed by atoms with Crippen LogP contribution < -0.4 is 0 Å². The van der Waals surface area contributed by atoms with Gasteiger partial charge in [-0.2, -0.15) is 0 Å². The maximum absolute atomic E-state index is 11.2. The Morgan fingerprint density at radius 3 is 1.43 bits per heavy atom. The van der Waals surface area contributed by atoms with E-state index in [-0.39, 0.29) is 0 Å². The first-order valence-corrected chi connectivity index (χ1v) is 4.30. The third kappa shape index (κ3) is 1.46.